The Bertz CT molecular complexity index is 2540. The van der Waals surface area contributed by atoms with Gasteiger partial charge in [0.1, 0.15) is 6.10 Å². The Morgan fingerprint density at radius 2 is 1.11 bits per heavy atom. The topological polar surface area (TPSA) is 25.2 Å². The Kier molecular flexibility index (Phi) is 6.03. The molecule has 0 aliphatic carbocycles. The summed E-state index contributed by atoms with van der Waals surface area (Å²) in [6.45, 7) is 4.51. The highest BCUT2D eigenvalue weighted by atomic mass is 16.3. The van der Waals surface area contributed by atoms with Crippen molar-refractivity contribution in [2.24, 2.45) is 0 Å². The second kappa shape index (κ2) is 10.3. The minimum atomic E-state index is -0.653. The molecular weight excluding hydrogens is 558 g/mol. The molecule has 2 nitrogen and oxygen atoms in total. The van der Waals surface area contributed by atoms with Gasteiger partial charge in [-0.1, -0.05) is 122 Å². The zero-order valence-corrected chi connectivity index (χ0v) is 25.9. The maximum atomic E-state index is 11.0. The van der Waals surface area contributed by atoms with Crippen LogP contribution in [0.15, 0.2) is 146 Å². The summed E-state index contributed by atoms with van der Waals surface area (Å²) in [6.07, 6.45) is -0.653. The van der Waals surface area contributed by atoms with Gasteiger partial charge in [-0.05, 0) is 97.9 Å². The van der Waals surface area contributed by atoms with Crippen molar-refractivity contribution in [2.45, 2.75) is 25.9 Å². The smallest absolute Gasteiger partial charge is 0.104 e. The van der Waals surface area contributed by atoms with Crippen LogP contribution in [-0.4, -0.2) is 9.67 Å². The van der Waals surface area contributed by atoms with E-state index in [1.807, 2.05) is 42.5 Å². The predicted octanol–water partition coefficient (Wildman–Crippen LogP) is 11.2. The van der Waals surface area contributed by atoms with E-state index in [-0.39, 0.29) is 5.92 Å². The lowest BCUT2D eigenvalue weighted by Gasteiger charge is -2.19. The molecule has 0 spiro atoms. The van der Waals surface area contributed by atoms with Gasteiger partial charge in [0.25, 0.3) is 0 Å². The highest BCUT2D eigenvalue weighted by Gasteiger charge is 2.19. The van der Waals surface area contributed by atoms with Crippen molar-refractivity contribution >= 4 is 54.1 Å². The van der Waals surface area contributed by atoms with Crippen LogP contribution in [-0.2, 0) is 0 Å². The van der Waals surface area contributed by atoms with Crippen molar-refractivity contribution in [3.05, 3.63) is 173 Å². The zero-order valence-electron chi connectivity index (χ0n) is 25.9. The van der Waals surface area contributed by atoms with Crippen molar-refractivity contribution in [1.82, 2.24) is 4.57 Å². The average Bonchev–Trinajstić information content (AvgIpc) is 3.43. The van der Waals surface area contributed by atoms with E-state index < -0.39 is 6.10 Å². The highest BCUT2D eigenvalue weighted by molar-refractivity contribution is 6.23. The summed E-state index contributed by atoms with van der Waals surface area (Å²) >= 11 is 0. The molecule has 220 valence electrons. The predicted molar refractivity (Wildman–Crippen MR) is 194 cm³/mol. The molecule has 0 amide bonds. The van der Waals surface area contributed by atoms with Gasteiger partial charge >= 0.3 is 0 Å². The quantitative estimate of drug-likeness (QED) is 0.198. The average molecular weight is 592 g/mol. The summed E-state index contributed by atoms with van der Waals surface area (Å²) in [5.41, 5.74) is 9.15. The van der Waals surface area contributed by atoms with Crippen molar-refractivity contribution in [3.8, 4) is 5.69 Å². The van der Waals surface area contributed by atoms with Crippen LogP contribution in [0.2, 0.25) is 0 Å². The fourth-order valence-electron chi connectivity index (χ4n) is 7.65. The van der Waals surface area contributed by atoms with Crippen LogP contribution >= 0.6 is 0 Å². The first-order valence-electron chi connectivity index (χ1n) is 16.1. The molecule has 9 aromatic rings. The summed E-state index contributed by atoms with van der Waals surface area (Å²) in [4.78, 5) is 0. The zero-order chi connectivity index (χ0) is 30.9. The van der Waals surface area contributed by atoms with Crippen LogP contribution in [0.5, 0.6) is 0 Å². The van der Waals surface area contributed by atoms with E-state index in [0.717, 1.165) is 16.8 Å². The van der Waals surface area contributed by atoms with Crippen LogP contribution in [0, 0.1) is 6.92 Å². The number of aromatic nitrogens is 1. The largest absolute Gasteiger partial charge is 0.384 e. The van der Waals surface area contributed by atoms with E-state index in [0.29, 0.717) is 0 Å². The number of hydrogen-bond donors (Lipinski definition) is 1. The van der Waals surface area contributed by atoms with Gasteiger partial charge in [-0.2, -0.15) is 0 Å². The second-order valence-corrected chi connectivity index (χ2v) is 12.8. The van der Waals surface area contributed by atoms with E-state index in [4.69, 9.17) is 0 Å². The highest BCUT2D eigenvalue weighted by Crippen LogP contribution is 2.41. The first kappa shape index (κ1) is 26.9. The number of rotatable bonds is 5. The number of benzene rings is 8. The molecule has 9 rings (SSSR count). The summed E-state index contributed by atoms with van der Waals surface area (Å²) in [5.74, 6) is 0.218. The van der Waals surface area contributed by atoms with E-state index in [2.05, 4.69) is 122 Å². The van der Waals surface area contributed by atoms with E-state index in [1.54, 1.807) is 0 Å². The lowest BCUT2D eigenvalue weighted by molar-refractivity contribution is 0.220. The van der Waals surface area contributed by atoms with Crippen LogP contribution in [0.3, 0.4) is 0 Å². The second-order valence-electron chi connectivity index (χ2n) is 12.8. The number of hydrogen-bond acceptors (Lipinski definition) is 1. The molecule has 2 atom stereocenters. The molecule has 0 radical (unpaired) electrons. The van der Waals surface area contributed by atoms with Crippen molar-refractivity contribution in [3.63, 3.8) is 0 Å². The Hall–Kier alpha value is -5.44. The summed E-state index contributed by atoms with van der Waals surface area (Å²) in [6, 6.07) is 52.3. The maximum absolute atomic E-state index is 11.0. The molecule has 2 heteroatoms. The number of aliphatic hydroxyl groups excluding tert-OH is 1. The van der Waals surface area contributed by atoms with E-state index >= 15 is 0 Å². The monoisotopic (exact) mass is 591 g/mol. The number of fused-ring (bicyclic) bond motifs is 3. The number of aliphatic hydroxyl groups is 1. The molecule has 0 aliphatic rings. The molecule has 0 bridgehead atoms. The Morgan fingerprint density at radius 3 is 1.87 bits per heavy atom. The van der Waals surface area contributed by atoms with Gasteiger partial charge in [0.2, 0.25) is 0 Å². The van der Waals surface area contributed by atoms with Crippen molar-refractivity contribution in [2.75, 3.05) is 0 Å². The summed E-state index contributed by atoms with van der Waals surface area (Å²) in [5, 5.41) is 21.5. The summed E-state index contributed by atoms with van der Waals surface area (Å²) < 4.78 is 2.35. The molecule has 0 saturated heterocycles. The summed E-state index contributed by atoms with van der Waals surface area (Å²) in [7, 11) is 0. The van der Waals surface area contributed by atoms with Crippen LogP contribution in [0.1, 0.15) is 46.8 Å². The van der Waals surface area contributed by atoms with Crippen LogP contribution in [0.4, 0.5) is 0 Å². The molecule has 1 aromatic heterocycles. The lowest BCUT2D eigenvalue weighted by Crippen LogP contribution is -2.01. The SMILES string of the molecule is Cc1ccc2c(c1)c1cc(C(C)c3ccc4ccc5cccc6ccc3c4c56)ccc1n2-c1ccc(C(O)c2ccccc2)cc1. The van der Waals surface area contributed by atoms with Crippen molar-refractivity contribution < 1.29 is 5.11 Å². The fourth-order valence-corrected chi connectivity index (χ4v) is 7.65. The lowest BCUT2D eigenvalue weighted by atomic mass is 9.85. The van der Waals surface area contributed by atoms with Crippen LogP contribution in [0.25, 0.3) is 59.8 Å². The van der Waals surface area contributed by atoms with Gasteiger partial charge in [-0.25, -0.2) is 0 Å². The van der Waals surface area contributed by atoms with Gasteiger partial charge in [-0.15, -0.1) is 0 Å². The molecule has 8 aromatic carbocycles. The van der Waals surface area contributed by atoms with Gasteiger partial charge in [0.05, 0.1) is 11.0 Å². The minimum Gasteiger partial charge on any atom is -0.384 e. The van der Waals surface area contributed by atoms with Crippen molar-refractivity contribution in [1.29, 1.82) is 0 Å². The molecular formula is C44H33NO. The molecule has 0 saturated carbocycles. The van der Waals surface area contributed by atoms with Crippen LogP contribution < -0.4 is 0 Å². The van der Waals surface area contributed by atoms with E-state index in [1.165, 1.54) is 70.8 Å². The van der Waals surface area contributed by atoms with Gasteiger partial charge in [0, 0.05) is 22.4 Å². The molecule has 46 heavy (non-hydrogen) atoms. The molecule has 2 unspecified atom stereocenters. The first-order valence-corrected chi connectivity index (χ1v) is 16.1. The number of aryl methyl sites for hydroxylation is 1. The standard InChI is InChI=1S/C44H33NO/c1-27-11-23-40-38(25-27)39-26-34(18-24-41(39)45(40)35-19-14-33(15-20-35)44(46)32-7-4-3-5-8-32)28(2)36-21-16-31-13-12-29-9-6-10-30-17-22-37(36)43(31)42(29)30/h3-26,28,44,46H,1-2H3. The molecule has 1 N–H and O–H groups in total. The molecule has 0 aliphatic heterocycles. The first-order chi connectivity index (χ1) is 22.5. The maximum Gasteiger partial charge on any atom is 0.104 e. The Morgan fingerprint density at radius 1 is 0.500 bits per heavy atom. The fraction of sp³-hybridized carbons (Fsp3) is 0.0909. The van der Waals surface area contributed by atoms with E-state index in [9.17, 15) is 5.11 Å². The van der Waals surface area contributed by atoms with Gasteiger partial charge in [-0.3, -0.25) is 0 Å². The van der Waals surface area contributed by atoms with Gasteiger partial charge < -0.3 is 9.67 Å². The normalized spacial score (nSPS) is 13.4. The number of nitrogens with zero attached hydrogens (tertiary/aromatic N) is 1. The van der Waals surface area contributed by atoms with Gasteiger partial charge in [0.15, 0.2) is 0 Å². The molecule has 1 heterocycles. The Balaban J connectivity index is 1.17. The minimum absolute atomic E-state index is 0.218. The third kappa shape index (κ3) is 4.07. The Labute approximate surface area is 268 Å². The molecule has 0 fully saturated rings. The third-order valence-electron chi connectivity index (χ3n) is 10.1. The third-order valence-corrected chi connectivity index (χ3v) is 10.1.